The van der Waals surface area contributed by atoms with Crippen LogP contribution < -0.4 is 5.32 Å². The van der Waals surface area contributed by atoms with Gasteiger partial charge in [0.1, 0.15) is 32.0 Å². The third-order valence-electron chi connectivity index (χ3n) is 5.09. The van der Waals surface area contributed by atoms with E-state index < -0.39 is 104 Å². The van der Waals surface area contributed by atoms with E-state index in [4.69, 9.17) is 28.4 Å². The van der Waals surface area contributed by atoms with Crippen molar-refractivity contribution in [2.45, 2.75) is 77.0 Å². The zero-order valence-electron chi connectivity index (χ0n) is 23.0. The summed E-state index contributed by atoms with van der Waals surface area (Å²) in [6.45, 7) is 1.68. The third kappa shape index (κ3) is 9.80. The lowest BCUT2D eigenvalue weighted by molar-refractivity contribution is -0.326. The molecule has 0 aromatic carbocycles. The number of halogens is 2. The fourth-order valence-corrected chi connectivity index (χ4v) is 3.79. The van der Waals surface area contributed by atoms with E-state index in [1.165, 1.54) is 0 Å². The molecule has 0 aromatic rings. The van der Waals surface area contributed by atoms with Crippen LogP contribution in [0, 0.1) is 0 Å². The summed E-state index contributed by atoms with van der Waals surface area (Å²) in [6.07, 6.45) is -12.5. The van der Waals surface area contributed by atoms with Gasteiger partial charge in [0.25, 0.3) is 0 Å². The number of hydrogen-bond acceptors (Lipinski definition) is 15. The first-order valence-corrected chi connectivity index (χ1v) is 11.8. The molecule has 1 rings (SSSR count). The number of amides is 1. The summed E-state index contributed by atoms with van der Waals surface area (Å²) in [5.74, 6) is -10.5. The molecule has 0 radical (unpaired) electrons. The van der Waals surface area contributed by atoms with E-state index in [2.05, 4.69) is 14.8 Å². The summed E-state index contributed by atoms with van der Waals surface area (Å²) in [7, 11) is 0.768. The Morgan fingerprint density at radius 2 is 1.49 bits per heavy atom. The quantitative estimate of drug-likeness (QED) is 0.223. The zero-order chi connectivity index (χ0) is 31.5. The molecular formula is C23H31F2NO15. The van der Waals surface area contributed by atoms with Crippen LogP contribution in [0.25, 0.3) is 0 Å². The molecular weight excluding hydrogens is 568 g/mol. The summed E-state index contributed by atoms with van der Waals surface area (Å²) in [5, 5.41) is 2.06. The molecule has 0 aromatic heterocycles. The number of alkyl halides is 2. The first-order valence-electron chi connectivity index (χ1n) is 11.8. The molecule has 41 heavy (non-hydrogen) atoms. The van der Waals surface area contributed by atoms with Crippen molar-refractivity contribution in [3.8, 4) is 0 Å². The smallest absolute Gasteiger partial charge is 0.407 e. The Morgan fingerprint density at radius 3 is 1.95 bits per heavy atom. The van der Waals surface area contributed by atoms with Crippen LogP contribution in [0.1, 0.15) is 34.6 Å². The number of methoxy groups -OCH3 is 1. The number of alkyl carbamates (subject to hydrolysis) is 1. The molecule has 1 saturated heterocycles. The molecule has 7 atom stereocenters. The maximum atomic E-state index is 16.1. The standard InChI is InChI=1S/C23H31F2NO15/c1-10(27)36-9-15(37-11(2)28)17(38-12(3)29)18-16(26-22(33)35-8-7-24)19(39-13(4)30)20(25)23(41-18,21(32)34-6)40-14(5)31/h15-20H,7-9H2,1-6H3,(H,26,33)/t15-,16+,17-,18-,19-,20-,23?/m1/s1. The van der Waals surface area contributed by atoms with Gasteiger partial charge < -0.3 is 43.2 Å². The second kappa shape index (κ2) is 15.6. The van der Waals surface area contributed by atoms with Gasteiger partial charge in [0.15, 0.2) is 18.3 Å². The molecule has 1 N–H and O–H groups in total. The van der Waals surface area contributed by atoms with E-state index in [9.17, 15) is 38.0 Å². The summed E-state index contributed by atoms with van der Waals surface area (Å²) in [6, 6.07) is -1.99. The van der Waals surface area contributed by atoms with Crippen molar-refractivity contribution >= 4 is 41.9 Å². The van der Waals surface area contributed by atoms with Crippen molar-refractivity contribution in [3.05, 3.63) is 0 Å². The minimum absolute atomic E-state index is 0.765. The molecule has 18 heteroatoms. The number of carbonyl (C=O) groups excluding carboxylic acids is 7. The molecule has 0 spiro atoms. The first kappa shape index (κ1) is 34.9. The van der Waals surface area contributed by atoms with Gasteiger partial charge in [0.05, 0.1) is 7.11 Å². The molecule has 0 aliphatic carbocycles. The highest BCUT2D eigenvalue weighted by atomic mass is 19.1. The lowest BCUT2D eigenvalue weighted by atomic mass is 9.86. The van der Waals surface area contributed by atoms with Gasteiger partial charge in [-0.1, -0.05) is 0 Å². The molecule has 1 amide bonds. The predicted octanol–water partition coefficient (Wildman–Crippen LogP) is -0.422. The summed E-state index contributed by atoms with van der Waals surface area (Å²) in [5.41, 5.74) is 0. The van der Waals surface area contributed by atoms with Crippen molar-refractivity contribution in [2.24, 2.45) is 0 Å². The minimum Gasteiger partial charge on any atom is -0.464 e. The molecule has 1 fully saturated rings. The topological polar surface area (TPSA) is 205 Å². The number of hydrogen-bond donors (Lipinski definition) is 1. The van der Waals surface area contributed by atoms with Crippen molar-refractivity contribution < 1.29 is 80.2 Å². The lowest BCUT2D eigenvalue weighted by Crippen LogP contribution is -2.74. The van der Waals surface area contributed by atoms with Gasteiger partial charge in [-0.05, 0) is 0 Å². The largest absolute Gasteiger partial charge is 0.464 e. The molecule has 1 aliphatic rings. The van der Waals surface area contributed by atoms with Crippen LogP contribution in [0.15, 0.2) is 0 Å². The van der Waals surface area contributed by atoms with E-state index in [0.717, 1.165) is 41.7 Å². The second-order valence-corrected chi connectivity index (χ2v) is 8.33. The van der Waals surface area contributed by atoms with Crippen molar-refractivity contribution in [2.75, 3.05) is 27.0 Å². The van der Waals surface area contributed by atoms with Crippen LogP contribution in [0.4, 0.5) is 13.6 Å². The summed E-state index contributed by atoms with van der Waals surface area (Å²) >= 11 is 0. The molecule has 1 unspecified atom stereocenters. The highest BCUT2D eigenvalue weighted by molar-refractivity contribution is 5.83. The fourth-order valence-electron chi connectivity index (χ4n) is 3.79. The summed E-state index contributed by atoms with van der Waals surface area (Å²) in [4.78, 5) is 84.8. The molecule has 232 valence electrons. The maximum Gasteiger partial charge on any atom is 0.407 e. The van der Waals surface area contributed by atoms with Crippen LogP contribution in [0.2, 0.25) is 0 Å². The van der Waals surface area contributed by atoms with Crippen LogP contribution in [-0.4, -0.2) is 111 Å². The Hall–Kier alpha value is -4.09. The number of carbonyl (C=O) groups is 7. The van der Waals surface area contributed by atoms with Gasteiger partial charge in [-0.25, -0.2) is 18.4 Å². The van der Waals surface area contributed by atoms with Gasteiger partial charge in [-0.3, -0.25) is 24.0 Å². The summed E-state index contributed by atoms with van der Waals surface area (Å²) < 4.78 is 68.6. The Balaban J connectivity index is 3.97. The van der Waals surface area contributed by atoms with Crippen molar-refractivity contribution in [1.82, 2.24) is 5.32 Å². The van der Waals surface area contributed by atoms with Crippen molar-refractivity contribution in [3.63, 3.8) is 0 Å². The van der Waals surface area contributed by atoms with Crippen LogP contribution in [0.5, 0.6) is 0 Å². The molecule has 16 nitrogen and oxygen atoms in total. The molecule has 1 aliphatic heterocycles. The molecule has 0 bridgehead atoms. The fraction of sp³-hybridized carbons (Fsp3) is 0.696. The minimum atomic E-state index is -3.35. The van der Waals surface area contributed by atoms with Crippen LogP contribution in [-0.2, 0) is 66.7 Å². The zero-order valence-corrected chi connectivity index (χ0v) is 23.0. The highest BCUT2D eigenvalue weighted by Gasteiger charge is 2.67. The Morgan fingerprint density at radius 1 is 0.878 bits per heavy atom. The maximum absolute atomic E-state index is 16.1. The lowest BCUT2D eigenvalue weighted by Gasteiger charge is -2.49. The van der Waals surface area contributed by atoms with E-state index in [0.29, 0.717) is 0 Å². The number of esters is 6. The average Bonchev–Trinajstić information content (AvgIpc) is 2.86. The number of ether oxygens (including phenoxy) is 8. The third-order valence-corrected chi connectivity index (χ3v) is 5.09. The Kier molecular flexibility index (Phi) is 13.3. The van der Waals surface area contributed by atoms with Crippen LogP contribution >= 0.6 is 0 Å². The average molecular weight is 599 g/mol. The second-order valence-electron chi connectivity index (χ2n) is 8.33. The van der Waals surface area contributed by atoms with Gasteiger partial charge >= 0.3 is 47.7 Å². The molecule has 0 saturated carbocycles. The highest BCUT2D eigenvalue weighted by Crippen LogP contribution is 2.39. The number of nitrogens with one attached hydrogen (secondary N) is 1. The van der Waals surface area contributed by atoms with E-state index in [1.807, 2.05) is 0 Å². The van der Waals surface area contributed by atoms with Gasteiger partial charge in [0, 0.05) is 34.6 Å². The molecule has 1 heterocycles. The monoisotopic (exact) mass is 599 g/mol. The number of rotatable bonds is 12. The van der Waals surface area contributed by atoms with E-state index in [1.54, 1.807) is 0 Å². The first-order chi connectivity index (χ1) is 19.1. The van der Waals surface area contributed by atoms with Gasteiger partial charge in [0.2, 0.25) is 6.17 Å². The van der Waals surface area contributed by atoms with Gasteiger partial charge in [-0.2, -0.15) is 0 Å². The normalized spacial score (nSPS) is 24.9. The van der Waals surface area contributed by atoms with E-state index in [-0.39, 0.29) is 0 Å². The SMILES string of the molecule is COC(=O)C1(OC(C)=O)O[C@@H]([C@H](OC(C)=O)[C@@H](COC(C)=O)OC(C)=O)[C@H](NC(=O)OCCF)[C@@H](OC(C)=O)[C@H]1F. The Bertz CT molecular complexity index is 1010. The Labute approximate surface area is 232 Å². The van der Waals surface area contributed by atoms with Crippen LogP contribution in [0.3, 0.4) is 0 Å². The van der Waals surface area contributed by atoms with E-state index >= 15 is 4.39 Å². The van der Waals surface area contributed by atoms with Crippen molar-refractivity contribution in [1.29, 1.82) is 0 Å². The van der Waals surface area contributed by atoms with Gasteiger partial charge in [-0.15, -0.1) is 0 Å². The predicted molar refractivity (Wildman–Crippen MR) is 124 cm³/mol.